The molecule has 0 amide bonds. The monoisotopic (exact) mass is 348 g/mol. The van der Waals surface area contributed by atoms with Crippen LogP contribution in [0.2, 0.25) is 0 Å². The van der Waals surface area contributed by atoms with Crippen molar-refractivity contribution in [2.45, 2.75) is 19.4 Å². The maximum absolute atomic E-state index is 5.37. The quantitative estimate of drug-likeness (QED) is 0.569. The molecule has 0 aliphatic rings. The standard InChI is InChI=1S/C21H24N4O/c1-26-19-12-6-5-11-18(19)16-24-21-23-15-13-20(25-21)22-14-7-10-17-8-3-2-4-9-17/h2-6,8-9,11-13,15H,7,10,14,16H2,1H3,(H2,22,23,24,25). The molecule has 1 heterocycles. The van der Waals surface area contributed by atoms with Gasteiger partial charge in [-0.15, -0.1) is 0 Å². The van der Waals surface area contributed by atoms with Crippen molar-refractivity contribution in [3.8, 4) is 5.75 Å². The van der Waals surface area contributed by atoms with Gasteiger partial charge in [-0.2, -0.15) is 4.98 Å². The summed E-state index contributed by atoms with van der Waals surface area (Å²) in [6, 6.07) is 20.3. The van der Waals surface area contributed by atoms with Gasteiger partial charge in [-0.1, -0.05) is 48.5 Å². The van der Waals surface area contributed by atoms with Crippen LogP contribution >= 0.6 is 0 Å². The highest BCUT2D eigenvalue weighted by Crippen LogP contribution is 2.18. The average Bonchev–Trinajstić information content (AvgIpc) is 2.71. The van der Waals surface area contributed by atoms with E-state index in [1.165, 1.54) is 5.56 Å². The van der Waals surface area contributed by atoms with E-state index in [1.807, 2.05) is 36.4 Å². The number of rotatable bonds is 9. The van der Waals surface area contributed by atoms with Crippen molar-refractivity contribution >= 4 is 11.8 Å². The minimum Gasteiger partial charge on any atom is -0.496 e. The van der Waals surface area contributed by atoms with Crippen molar-refractivity contribution in [2.75, 3.05) is 24.3 Å². The van der Waals surface area contributed by atoms with E-state index in [0.29, 0.717) is 12.5 Å². The van der Waals surface area contributed by atoms with Crippen LogP contribution in [-0.2, 0) is 13.0 Å². The molecular weight excluding hydrogens is 324 g/mol. The predicted octanol–water partition coefficient (Wildman–Crippen LogP) is 4.14. The van der Waals surface area contributed by atoms with Crippen LogP contribution in [0.3, 0.4) is 0 Å². The molecule has 0 unspecified atom stereocenters. The molecule has 0 saturated carbocycles. The van der Waals surface area contributed by atoms with Crippen LogP contribution in [-0.4, -0.2) is 23.6 Å². The lowest BCUT2D eigenvalue weighted by molar-refractivity contribution is 0.410. The highest BCUT2D eigenvalue weighted by atomic mass is 16.5. The summed E-state index contributed by atoms with van der Waals surface area (Å²) in [5.41, 5.74) is 2.43. The molecule has 3 aromatic rings. The SMILES string of the molecule is COc1ccccc1CNc1nccc(NCCCc2ccccc2)n1. The summed E-state index contributed by atoms with van der Waals surface area (Å²) in [7, 11) is 1.68. The van der Waals surface area contributed by atoms with Gasteiger partial charge in [-0.3, -0.25) is 0 Å². The van der Waals surface area contributed by atoms with E-state index in [9.17, 15) is 0 Å². The van der Waals surface area contributed by atoms with Gasteiger partial charge in [0.1, 0.15) is 11.6 Å². The average molecular weight is 348 g/mol. The van der Waals surface area contributed by atoms with Gasteiger partial charge in [0, 0.05) is 24.8 Å². The number of hydrogen-bond donors (Lipinski definition) is 2. The van der Waals surface area contributed by atoms with Crippen molar-refractivity contribution in [1.29, 1.82) is 0 Å². The molecule has 0 bridgehead atoms. The zero-order valence-corrected chi connectivity index (χ0v) is 15.0. The van der Waals surface area contributed by atoms with Gasteiger partial charge in [0.15, 0.2) is 0 Å². The predicted molar refractivity (Wildman–Crippen MR) is 106 cm³/mol. The Bertz CT molecular complexity index is 808. The Hall–Kier alpha value is -3.08. The molecule has 26 heavy (non-hydrogen) atoms. The number of nitrogens with one attached hydrogen (secondary N) is 2. The van der Waals surface area contributed by atoms with Crippen LogP contribution in [0.15, 0.2) is 66.9 Å². The van der Waals surface area contributed by atoms with E-state index in [1.54, 1.807) is 13.3 Å². The summed E-state index contributed by atoms with van der Waals surface area (Å²) < 4.78 is 5.37. The summed E-state index contributed by atoms with van der Waals surface area (Å²) in [4.78, 5) is 8.80. The summed E-state index contributed by atoms with van der Waals surface area (Å²) >= 11 is 0. The Kier molecular flexibility index (Phi) is 6.42. The lowest BCUT2D eigenvalue weighted by atomic mass is 10.1. The van der Waals surface area contributed by atoms with Crippen LogP contribution < -0.4 is 15.4 Å². The molecule has 0 aliphatic carbocycles. The molecule has 0 fully saturated rings. The van der Waals surface area contributed by atoms with Crippen LogP contribution in [0.4, 0.5) is 11.8 Å². The van der Waals surface area contributed by atoms with E-state index in [0.717, 1.165) is 36.5 Å². The maximum Gasteiger partial charge on any atom is 0.224 e. The van der Waals surface area contributed by atoms with Crippen molar-refractivity contribution in [2.24, 2.45) is 0 Å². The first-order valence-electron chi connectivity index (χ1n) is 8.82. The third-order valence-electron chi connectivity index (χ3n) is 4.08. The molecule has 2 aromatic carbocycles. The minimum atomic E-state index is 0.601. The van der Waals surface area contributed by atoms with Gasteiger partial charge in [-0.05, 0) is 30.5 Å². The number of ether oxygens (including phenoxy) is 1. The fourth-order valence-electron chi connectivity index (χ4n) is 2.72. The van der Waals surface area contributed by atoms with Crippen molar-refractivity contribution < 1.29 is 4.74 Å². The minimum absolute atomic E-state index is 0.601. The molecule has 5 heteroatoms. The van der Waals surface area contributed by atoms with Gasteiger partial charge < -0.3 is 15.4 Å². The second-order valence-corrected chi connectivity index (χ2v) is 5.95. The summed E-state index contributed by atoms with van der Waals surface area (Å²) in [6.45, 7) is 1.49. The summed E-state index contributed by atoms with van der Waals surface area (Å²) in [6.07, 6.45) is 3.87. The first kappa shape index (κ1) is 17.7. The van der Waals surface area contributed by atoms with E-state index in [4.69, 9.17) is 4.74 Å². The van der Waals surface area contributed by atoms with E-state index in [2.05, 4.69) is 44.9 Å². The largest absolute Gasteiger partial charge is 0.496 e. The van der Waals surface area contributed by atoms with Crippen LogP contribution in [0.5, 0.6) is 5.75 Å². The van der Waals surface area contributed by atoms with Crippen LogP contribution in [0.25, 0.3) is 0 Å². The molecule has 0 spiro atoms. The molecule has 134 valence electrons. The third-order valence-corrected chi connectivity index (χ3v) is 4.08. The molecular formula is C21H24N4O. The molecule has 0 saturated heterocycles. The Balaban J connectivity index is 1.48. The number of methoxy groups -OCH3 is 1. The van der Waals surface area contributed by atoms with E-state index >= 15 is 0 Å². The highest BCUT2D eigenvalue weighted by Gasteiger charge is 2.03. The number of anilines is 2. The maximum atomic E-state index is 5.37. The van der Waals surface area contributed by atoms with Gasteiger partial charge in [-0.25, -0.2) is 4.98 Å². The number of benzene rings is 2. The fraction of sp³-hybridized carbons (Fsp3) is 0.238. The Morgan fingerprint density at radius 3 is 2.58 bits per heavy atom. The molecule has 0 atom stereocenters. The lowest BCUT2D eigenvalue weighted by Gasteiger charge is -2.10. The molecule has 0 radical (unpaired) electrons. The Morgan fingerprint density at radius 1 is 0.923 bits per heavy atom. The van der Waals surface area contributed by atoms with Crippen molar-refractivity contribution in [3.05, 3.63) is 78.0 Å². The number of aromatic nitrogens is 2. The topological polar surface area (TPSA) is 59.1 Å². The Morgan fingerprint density at radius 2 is 1.73 bits per heavy atom. The molecule has 2 N–H and O–H groups in total. The van der Waals surface area contributed by atoms with Gasteiger partial charge in [0.05, 0.1) is 7.11 Å². The normalized spacial score (nSPS) is 10.3. The second kappa shape index (κ2) is 9.42. The van der Waals surface area contributed by atoms with E-state index in [-0.39, 0.29) is 0 Å². The molecule has 3 rings (SSSR count). The molecule has 1 aromatic heterocycles. The van der Waals surface area contributed by atoms with Crippen molar-refractivity contribution in [1.82, 2.24) is 9.97 Å². The fourth-order valence-corrected chi connectivity index (χ4v) is 2.72. The van der Waals surface area contributed by atoms with Gasteiger partial charge in [0.2, 0.25) is 5.95 Å². The molecule has 0 aliphatic heterocycles. The first-order valence-corrected chi connectivity index (χ1v) is 8.82. The zero-order chi connectivity index (χ0) is 18.0. The summed E-state index contributed by atoms with van der Waals surface area (Å²) in [5, 5.41) is 6.61. The second-order valence-electron chi connectivity index (χ2n) is 5.95. The zero-order valence-electron chi connectivity index (χ0n) is 15.0. The number of aryl methyl sites for hydroxylation is 1. The number of hydrogen-bond acceptors (Lipinski definition) is 5. The lowest BCUT2D eigenvalue weighted by Crippen LogP contribution is -2.08. The first-order chi connectivity index (χ1) is 12.8. The van der Waals surface area contributed by atoms with Crippen molar-refractivity contribution in [3.63, 3.8) is 0 Å². The summed E-state index contributed by atoms with van der Waals surface area (Å²) in [5.74, 6) is 2.29. The number of para-hydroxylation sites is 1. The van der Waals surface area contributed by atoms with E-state index < -0.39 is 0 Å². The highest BCUT2D eigenvalue weighted by molar-refractivity contribution is 5.41. The Labute approximate surface area is 154 Å². The van der Waals surface area contributed by atoms with Gasteiger partial charge in [0.25, 0.3) is 0 Å². The van der Waals surface area contributed by atoms with Crippen LogP contribution in [0, 0.1) is 0 Å². The number of nitrogens with zero attached hydrogens (tertiary/aromatic N) is 2. The molecule has 5 nitrogen and oxygen atoms in total. The smallest absolute Gasteiger partial charge is 0.224 e. The third kappa shape index (κ3) is 5.21. The van der Waals surface area contributed by atoms with Crippen LogP contribution in [0.1, 0.15) is 17.5 Å². The van der Waals surface area contributed by atoms with Gasteiger partial charge >= 0.3 is 0 Å².